The van der Waals surface area contributed by atoms with Crippen LogP contribution in [0.2, 0.25) is 5.02 Å². The minimum Gasteiger partial charge on any atom is -0.398 e. The molecule has 2 aromatic carbocycles. The average Bonchev–Trinajstić information content (AvgIpc) is 2.62. The number of hydrogen-bond acceptors (Lipinski definition) is 4. The van der Waals surface area contributed by atoms with Gasteiger partial charge in [-0.2, -0.15) is 0 Å². The molecule has 3 N–H and O–H groups in total. The molecular weight excluding hydrogens is 350 g/mol. The lowest BCUT2D eigenvalue weighted by Crippen LogP contribution is -2.08. The Labute approximate surface area is 156 Å². The van der Waals surface area contributed by atoms with Crippen LogP contribution in [0.4, 0.5) is 11.4 Å². The summed E-state index contributed by atoms with van der Waals surface area (Å²) in [6.45, 7) is 0.397. The summed E-state index contributed by atoms with van der Waals surface area (Å²) < 4.78 is 5.09. The summed E-state index contributed by atoms with van der Waals surface area (Å²) in [5.41, 5.74) is 9.75. The molecule has 132 valence electrons. The summed E-state index contributed by atoms with van der Waals surface area (Å²) in [6, 6.07) is 14.4. The Balaban J connectivity index is 1.75. The average molecular weight is 368 g/mol. The molecule has 0 bridgehead atoms. The van der Waals surface area contributed by atoms with Gasteiger partial charge in [0.05, 0.1) is 17.8 Å². The van der Waals surface area contributed by atoms with E-state index in [4.69, 9.17) is 22.1 Å². The summed E-state index contributed by atoms with van der Waals surface area (Å²) in [4.78, 5) is 16.6. The molecule has 1 amide bonds. The summed E-state index contributed by atoms with van der Waals surface area (Å²) in [5, 5.41) is 4.26. The number of hydrogen-bond donors (Lipinski definition) is 2. The van der Waals surface area contributed by atoms with Crippen molar-refractivity contribution >= 4 is 45.9 Å². The first kappa shape index (κ1) is 17.9. The second-order valence-electron chi connectivity index (χ2n) is 5.74. The lowest BCUT2D eigenvalue weighted by molar-refractivity contribution is -0.111. The van der Waals surface area contributed by atoms with Crippen molar-refractivity contribution in [2.45, 2.75) is 6.61 Å². The minimum absolute atomic E-state index is 0.234. The number of carbonyl (C=O) groups is 1. The van der Waals surface area contributed by atoms with Crippen molar-refractivity contribution in [3.8, 4) is 0 Å². The van der Waals surface area contributed by atoms with Gasteiger partial charge in [-0.1, -0.05) is 23.7 Å². The molecule has 0 aliphatic carbocycles. The Bertz CT molecular complexity index is 969. The van der Waals surface area contributed by atoms with Gasteiger partial charge in [0, 0.05) is 35.0 Å². The van der Waals surface area contributed by atoms with Crippen molar-refractivity contribution in [3.63, 3.8) is 0 Å². The van der Waals surface area contributed by atoms with Gasteiger partial charge in [-0.3, -0.25) is 9.78 Å². The second kappa shape index (κ2) is 7.99. The number of pyridine rings is 1. The van der Waals surface area contributed by atoms with Crippen molar-refractivity contribution in [2.24, 2.45) is 0 Å². The zero-order chi connectivity index (χ0) is 18.5. The summed E-state index contributed by atoms with van der Waals surface area (Å²) in [7, 11) is 1.61. The zero-order valence-electron chi connectivity index (χ0n) is 14.2. The number of fused-ring (bicyclic) bond motifs is 1. The van der Waals surface area contributed by atoms with Crippen molar-refractivity contribution in [2.75, 3.05) is 18.2 Å². The number of nitrogens with two attached hydrogens (primary N) is 1. The fraction of sp³-hybridized carbons (Fsp3) is 0.100. The van der Waals surface area contributed by atoms with Crippen LogP contribution in [-0.4, -0.2) is 18.0 Å². The normalized spacial score (nSPS) is 11.2. The van der Waals surface area contributed by atoms with Crippen LogP contribution in [0.15, 0.2) is 54.6 Å². The standard InChI is InChI=1S/C20H18ClN3O2/c1-26-12-16-11-18(22)17-10-15(7-8-19(17)23-16)24-20(25)9-4-13-2-5-14(21)6-3-13/h2-11H,12H2,1H3,(H2,22,23)(H,24,25). The Hall–Kier alpha value is -2.89. The van der Waals surface area contributed by atoms with E-state index >= 15 is 0 Å². The number of amides is 1. The third-order valence-corrected chi connectivity index (χ3v) is 4.00. The Kier molecular flexibility index (Phi) is 5.51. The van der Waals surface area contributed by atoms with Crippen LogP contribution in [0, 0.1) is 0 Å². The van der Waals surface area contributed by atoms with Crippen molar-refractivity contribution < 1.29 is 9.53 Å². The van der Waals surface area contributed by atoms with Gasteiger partial charge in [0.25, 0.3) is 0 Å². The first-order valence-electron chi connectivity index (χ1n) is 7.98. The first-order chi connectivity index (χ1) is 12.5. The fourth-order valence-electron chi connectivity index (χ4n) is 2.54. The molecule has 1 aromatic heterocycles. The summed E-state index contributed by atoms with van der Waals surface area (Å²) >= 11 is 5.84. The number of benzene rings is 2. The molecule has 0 fully saturated rings. The second-order valence-corrected chi connectivity index (χ2v) is 6.18. The quantitative estimate of drug-likeness (QED) is 0.660. The highest BCUT2D eigenvalue weighted by Crippen LogP contribution is 2.24. The number of rotatable bonds is 5. The van der Waals surface area contributed by atoms with Gasteiger partial charge in [-0.25, -0.2) is 0 Å². The van der Waals surface area contributed by atoms with Gasteiger partial charge >= 0.3 is 0 Å². The number of carbonyl (C=O) groups excluding carboxylic acids is 1. The van der Waals surface area contributed by atoms with Crippen molar-refractivity contribution in [1.82, 2.24) is 4.98 Å². The highest BCUT2D eigenvalue weighted by atomic mass is 35.5. The van der Waals surface area contributed by atoms with E-state index in [-0.39, 0.29) is 5.91 Å². The number of nitrogens with one attached hydrogen (secondary N) is 1. The topological polar surface area (TPSA) is 77.2 Å². The number of methoxy groups -OCH3 is 1. The van der Waals surface area contributed by atoms with E-state index in [0.717, 1.165) is 22.2 Å². The number of nitrogen functional groups attached to an aromatic ring is 1. The van der Waals surface area contributed by atoms with E-state index in [1.807, 2.05) is 24.3 Å². The highest BCUT2D eigenvalue weighted by Gasteiger charge is 2.06. The minimum atomic E-state index is -0.234. The molecule has 1 heterocycles. The maximum atomic E-state index is 12.1. The molecule has 0 radical (unpaired) electrons. The van der Waals surface area contributed by atoms with E-state index in [1.165, 1.54) is 6.08 Å². The smallest absolute Gasteiger partial charge is 0.248 e. The Morgan fingerprint density at radius 1 is 1.23 bits per heavy atom. The van der Waals surface area contributed by atoms with Crippen LogP contribution < -0.4 is 11.1 Å². The Morgan fingerprint density at radius 2 is 2.00 bits per heavy atom. The van der Waals surface area contributed by atoms with Crippen molar-refractivity contribution in [3.05, 3.63) is 70.9 Å². The van der Waals surface area contributed by atoms with Crippen LogP contribution in [0.5, 0.6) is 0 Å². The third kappa shape index (κ3) is 4.39. The highest BCUT2D eigenvalue weighted by molar-refractivity contribution is 6.30. The van der Waals surface area contributed by atoms with E-state index < -0.39 is 0 Å². The molecule has 0 atom stereocenters. The summed E-state index contributed by atoms with van der Waals surface area (Å²) in [6.07, 6.45) is 3.19. The molecule has 0 saturated heterocycles. The predicted octanol–water partition coefficient (Wildman–Crippen LogP) is 4.27. The van der Waals surface area contributed by atoms with E-state index in [9.17, 15) is 4.79 Å². The van der Waals surface area contributed by atoms with Crippen LogP contribution >= 0.6 is 11.6 Å². The number of anilines is 2. The van der Waals surface area contributed by atoms with Gasteiger partial charge in [-0.15, -0.1) is 0 Å². The number of ether oxygens (including phenoxy) is 1. The van der Waals surface area contributed by atoms with E-state index in [2.05, 4.69) is 10.3 Å². The monoisotopic (exact) mass is 367 g/mol. The van der Waals surface area contributed by atoms with Gasteiger partial charge in [0.2, 0.25) is 5.91 Å². The number of halogens is 1. The summed E-state index contributed by atoms with van der Waals surface area (Å²) in [5.74, 6) is -0.234. The van der Waals surface area contributed by atoms with Crippen LogP contribution in [0.25, 0.3) is 17.0 Å². The molecule has 3 rings (SSSR count). The van der Waals surface area contributed by atoms with Gasteiger partial charge in [-0.05, 0) is 48.0 Å². The molecule has 5 nitrogen and oxygen atoms in total. The molecular formula is C20H18ClN3O2. The molecule has 0 spiro atoms. The molecule has 0 saturated carbocycles. The van der Waals surface area contributed by atoms with Crippen LogP contribution in [-0.2, 0) is 16.1 Å². The molecule has 6 heteroatoms. The third-order valence-electron chi connectivity index (χ3n) is 3.75. The van der Waals surface area contributed by atoms with Gasteiger partial charge in [0.1, 0.15) is 0 Å². The number of nitrogens with zero attached hydrogens (tertiary/aromatic N) is 1. The van der Waals surface area contributed by atoms with E-state index in [1.54, 1.807) is 37.5 Å². The molecule has 0 unspecified atom stereocenters. The lowest BCUT2D eigenvalue weighted by Gasteiger charge is -2.08. The zero-order valence-corrected chi connectivity index (χ0v) is 15.0. The molecule has 3 aromatic rings. The molecule has 26 heavy (non-hydrogen) atoms. The predicted molar refractivity (Wildman–Crippen MR) is 106 cm³/mol. The molecule has 0 aliphatic rings. The largest absolute Gasteiger partial charge is 0.398 e. The van der Waals surface area contributed by atoms with E-state index in [0.29, 0.717) is 23.0 Å². The number of aromatic nitrogens is 1. The van der Waals surface area contributed by atoms with Crippen molar-refractivity contribution in [1.29, 1.82) is 0 Å². The van der Waals surface area contributed by atoms with Gasteiger partial charge in [0.15, 0.2) is 0 Å². The van der Waals surface area contributed by atoms with Gasteiger partial charge < -0.3 is 15.8 Å². The van der Waals surface area contributed by atoms with Crippen LogP contribution in [0.3, 0.4) is 0 Å². The van der Waals surface area contributed by atoms with Crippen LogP contribution in [0.1, 0.15) is 11.3 Å². The molecule has 0 aliphatic heterocycles. The Morgan fingerprint density at radius 3 is 2.73 bits per heavy atom. The first-order valence-corrected chi connectivity index (χ1v) is 8.35. The maximum Gasteiger partial charge on any atom is 0.248 e. The fourth-order valence-corrected chi connectivity index (χ4v) is 2.66. The maximum absolute atomic E-state index is 12.1. The SMILES string of the molecule is COCc1cc(N)c2cc(NC(=O)C=Cc3ccc(Cl)cc3)ccc2n1. The lowest BCUT2D eigenvalue weighted by atomic mass is 10.1.